The first-order valence-electron chi connectivity index (χ1n) is 3.85. The second kappa shape index (κ2) is 3.32. The van der Waals surface area contributed by atoms with Gasteiger partial charge < -0.3 is 21.5 Å². The Bertz CT molecular complexity index is 460. The molecule has 0 amide bonds. The minimum Gasteiger partial charge on any atom is -0.409 e. The number of nitrogen functional groups attached to an aromatic ring is 1. The molecule has 0 atom stereocenters. The topological polar surface area (TPSA) is 129 Å². The Morgan fingerprint density at radius 3 is 2.57 bits per heavy atom. The molecule has 0 fully saturated rings. The summed E-state index contributed by atoms with van der Waals surface area (Å²) in [6.45, 7) is 2.18. The number of nitrogens with two attached hydrogens (primary N) is 1. The molecule has 0 saturated carbocycles. The molecule has 0 bridgehead atoms. The van der Waals surface area contributed by atoms with Gasteiger partial charge in [-0.1, -0.05) is 4.85 Å². The van der Waals surface area contributed by atoms with E-state index in [1.165, 1.54) is 0 Å². The second-order valence-corrected chi connectivity index (χ2v) is 2.55. The summed E-state index contributed by atoms with van der Waals surface area (Å²) < 4.78 is 0. The van der Waals surface area contributed by atoms with Crippen LogP contribution in [0.2, 0.25) is 0 Å². The van der Waals surface area contributed by atoms with Crippen LogP contribution >= 0.6 is 0 Å². The van der Waals surface area contributed by atoms with E-state index in [2.05, 4.69) is 5.32 Å². The molecule has 1 rings (SSSR count). The van der Waals surface area contributed by atoms with E-state index < -0.39 is 11.0 Å². The highest BCUT2D eigenvalue weighted by Gasteiger charge is 2.12. The Morgan fingerprint density at radius 2 is 2.07 bits per heavy atom. The van der Waals surface area contributed by atoms with Crippen LogP contribution in [0, 0.1) is 5.41 Å². The van der Waals surface area contributed by atoms with Crippen LogP contribution in [0.5, 0.6) is 0 Å². The van der Waals surface area contributed by atoms with E-state index in [9.17, 15) is 4.79 Å². The van der Waals surface area contributed by atoms with Crippen molar-refractivity contribution < 1.29 is 10.4 Å². The smallest absolute Gasteiger partial charge is 0.329 e. The van der Waals surface area contributed by atoms with Crippen molar-refractivity contribution in [3.8, 4) is 0 Å². The molecule has 0 unspecified atom stereocenters. The van der Waals surface area contributed by atoms with Crippen molar-refractivity contribution in [2.75, 3.05) is 17.6 Å². The summed E-state index contributed by atoms with van der Waals surface area (Å²) in [5.41, 5.74) is 3.53. The van der Waals surface area contributed by atoms with E-state index in [4.69, 9.17) is 21.6 Å². The molecule has 0 aliphatic heterocycles. The highest BCUT2D eigenvalue weighted by atomic mass is 16.6. The number of nitrogens with zero attached hydrogens (tertiary/aromatic N) is 2. The maximum atomic E-state index is 11.1. The largest absolute Gasteiger partial charge is 0.409 e. The molecule has 0 aliphatic rings. The lowest BCUT2D eigenvalue weighted by Gasteiger charge is -2.10. The third kappa shape index (κ3) is 1.26. The van der Waals surface area contributed by atoms with Crippen LogP contribution in [0.25, 0.3) is 0 Å². The minimum absolute atomic E-state index is 0.00329. The van der Waals surface area contributed by atoms with Gasteiger partial charge in [-0.3, -0.25) is 10.2 Å². The lowest BCUT2D eigenvalue weighted by Crippen LogP contribution is -2.39. The zero-order valence-electron chi connectivity index (χ0n) is 7.48. The average Bonchev–Trinajstić information content (AvgIpc) is 2.19. The first kappa shape index (κ1) is 9.96. The van der Waals surface area contributed by atoms with E-state index in [1.54, 1.807) is 6.92 Å². The summed E-state index contributed by atoms with van der Waals surface area (Å²) in [5.74, 6) is 0. The highest BCUT2D eigenvalue weighted by Crippen LogP contribution is 2.04. The number of hydrogen-bond donors (Lipinski definition) is 5. The standard InChI is InChI=1S/C6H11N5O3/c1-2-9-4-3(7)6(12)11(14)10(13)5(4)8/h8-9,13-14H,2,7H2,1H3. The van der Waals surface area contributed by atoms with E-state index in [1.807, 2.05) is 0 Å². The van der Waals surface area contributed by atoms with Crippen LogP contribution in [-0.4, -0.2) is 26.6 Å². The summed E-state index contributed by atoms with van der Waals surface area (Å²) in [4.78, 5) is 11.0. The number of anilines is 2. The first-order valence-corrected chi connectivity index (χ1v) is 3.85. The number of aromatic nitrogens is 2. The van der Waals surface area contributed by atoms with E-state index in [0.717, 1.165) is 0 Å². The Hall–Kier alpha value is -2.12. The Morgan fingerprint density at radius 1 is 1.50 bits per heavy atom. The van der Waals surface area contributed by atoms with Gasteiger partial charge in [-0.2, -0.15) is 0 Å². The SMILES string of the molecule is CCNc1c(N)c(=O)n(O)n(O)c1=N. The quantitative estimate of drug-likeness (QED) is 0.376. The minimum atomic E-state index is -0.987. The number of nitrogens with one attached hydrogen (secondary N) is 2. The molecule has 14 heavy (non-hydrogen) atoms. The van der Waals surface area contributed by atoms with Crippen molar-refractivity contribution in [2.45, 2.75) is 6.92 Å². The van der Waals surface area contributed by atoms with E-state index >= 15 is 0 Å². The zero-order chi connectivity index (χ0) is 10.9. The van der Waals surface area contributed by atoms with Gasteiger partial charge in [-0.15, -0.1) is 0 Å². The van der Waals surface area contributed by atoms with Crippen LogP contribution < -0.4 is 22.1 Å². The second-order valence-electron chi connectivity index (χ2n) is 2.55. The van der Waals surface area contributed by atoms with Gasteiger partial charge in [0.05, 0.1) is 0 Å². The molecule has 1 heterocycles. The molecule has 1 aromatic rings. The Kier molecular flexibility index (Phi) is 2.36. The van der Waals surface area contributed by atoms with Crippen molar-refractivity contribution in [2.24, 2.45) is 0 Å². The average molecular weight is 201 g/mol. The molecule has 0 aliphatic carbocycles. The fourth-order valence-corrected chi connectivity index (χ4v) is 0.979. The third-order valence-electron chi connectivity index (χ3n) is 1.65. The summed E-state index contributed by atoms with van der Waals surface area (Å²) in [5, 5.41) is 28.0. The van der Waals surface area contributed by atoms with Crippen molar-refractivity contribution in [3.63, 3.8) is 0 Å². The van der Waals surface area contributed by atoms with E-state index in [-0.39, 0.29) is 21.1 Å². The fourth-order valence-electron chi connectivity index (χ4n) is 0.979. The van der Waals surface area contributed by atoms with Gasteiger partial charge in [0.15, 0.2) is 0 Å². The van der Waals surface area contributed by atoms with Crippen LogP contribution in [0.4, 0.5) is 11.4 Å². The number of hydrogen-bond acceptors (Lipinski definition) is 6. The lowest BCUT2D eigenvalue weighted by molar-refractivity contribution is -0.0298. The summed E-state index contributed by atoms with van der Waals surface area (Å²) in [6.07, 6.45) is 0. The van der Waals surface area contributed by atoms with Gasteiger partial charge in [0, 0.05) is 6.54 Å². The van der Waals surface area contributed by atoms with Gasteiger partial charge in [0.2, 0.25) is 5.49 Å². The first-order chi connectivity index (χ1) is 6.50. The molecule has 0 saturated heterocycles. The van der Waals surface area contributed by atoms with Crippen molar-refractivity contribution in [3.05, 3.63) is 15.8 Å². The molecule has 6 N–H and O–H groups in total. The van der Waals surface area contributed by atoms with Gasteiger partial charge in [0.25, 0.3) is 0 Å². The predicted molar refractivity (Wildman–Crippen MR) is 47.5 cm³/mol. The van der Waals surface area contributed by atoms with Gasteiger partial charge in [-0.05, 0) is 11.8 Å². The zero-order valence-corrected chi connectivity index (χ0v) is 7.48. The molecule has 1 aromatic heterocycles. The molecule has 8 nitrogen and oxygen atoms in total. The molecule has 0 radical (unpaired) electrons. The summed E-state index contributed by atoms with van der Waals surface area (Å²) in [7, 11) is 0. The molecule has 8 heteroatoms. The van der Waals surface area contributed by atoms with Crippen LogP contribution in [0.15, 0.2) is 4.79 Å². The van der Waals surface area contributed by atoms with Gasteiger partial charge in [0.1, 0.15) is 11.4 Å². The Balaban J connectivity index is 3.60. The molecule has 78 valence electrons. The molecule has 0 aromatic carbocycles. The van der Waals surface area contributed by atoms with Crippen molar-refractivity contribution in [1.29, 1.82) is 5.41 Å². The Labute approximate surface area is 78.2 Å². The van der Waals surface area contributed by atoms with Crippen molar-refractivity contribution >= 4 is 11.4 Å². The lowest BCUT2D eigenvalue weighted by atomic mass is 10.4. The molecule has 0 spiro atoms. The van der Waals surface area contributed by atoms with Gasteiger partial charge >= 0.3 is 5.56 Å². The summed E-state index contributed by atoms with van der Waals surface area (Å²) >= 11 is 0. The summed E-state index contributed by atoms with van der Waals surface area (Å²) in [6, 6.07) is 0. The normalized spacial score (nSPS) is 10.1. The molecular formula is C6H11N5O3. The van der Waals surface area contributed by atoms with Crippen LogP contribution in [-0.2, 0) is 0 Å². The van der Waals surface area contributed by atoms with Crippen LogP contribution in [0.1, 0.15) is 6.92 Å². The fraction of sp³-hybridized carbons (Fsp3) is 0.333. The monoisotopic (exact) mass is 201 g/mol. The maximum absolute atomic E-state index is 11.1. The van der Waals surface area contributed by atoms with E-state index in [0.29, 0.717) is 6.54 Å². The molecular weight excluding hydrogens is 190 g/mol. The highest BCUT2D eigenvalue weighted by molar-refractivity contribution is 5.62. The van der Waals surface area contributed by atoms with Crippen LogP contribution in [0.3, 0.4) is 0 Å². The van der Waals surface area contributed by atoms with Crippen molar-refractivity contribution in [1.82, 2.24) is 9.69 Å². The third-order valence-corrected chi connectivity index (χ3v) is 1.65. The maximum Gasteiger partial charge on any atom is 0.329 e. The van der Waals surface area contributed by atoms with Gasteiger partial charge in [-0.25, -0.2) is 0 Å². The predicted octanol–water partition coefficient (Wildman–Crippen LogP) is -1.38. The number of rotatable bonds is 2.